The van der Waals surface area contributed by atoms with Crippen molar-refractivity contribution in [1.29, 1.82) is 0 Å². The molecule has 0 aliphatic rings. The van der Waals surface area contributed by atoms with Crippen LogP contribution >= 0.6 is 22.9 Å². The lowest BCUT2D eigenvalue weighted by Crippen LogP contribution is -2.18. The summed E-state index contributed by atoms with van der Waals surface area (Å²) in [6, 6.07) is 8.64. The number of rotatable bonds is 4. The van der Waals surface area contributed by atoms with Gasteiger partial charge in [-0.25, -0.2) is 0 Å². The van der Waals surface area contributed by atoms with Gasteiger partial charge in [0.2, 0.25) is 0 Å². The molecule has 2 nitrogen and oxygen atoms in total. The van der Waals surface area contributed by atoms with Gasteiger partial charge in [-0.3, -0.25) is 4.98 Å². The van der Waals surface area contributed by atoms with Crippen molar-refractivity contribution in [3.05, 3.63) is 50.4 Å². The molecule has 4 heteroatoms. The number of likely N-dealkylation sites (N-methyl/N-ethyl adjacent to an activating group) is 1. The number of aryl methyl sites for hydroxylation is 2. The van der Waals surface area contributed by atoms with Crippen LogP contribution in [0.5, 0.6) is 0 Å². The minimum Gasteiger partial charge on any atom is -0.313 e. The van der Waals surface area contributed by atoms with Crippen LogP contribution < -0.4 is 5.32 Å². The topological polar surface area (TPSA) is 24.9 Å². The molecule has 0 radical (unpaired) electrons. The Labute approximate surface area is 117 Å². The zero-order valence-corrected chi connectivity index (χ0v) is 12.4. The standard InChI is InChI=1S/C14H17ClN2S/c1-9-6-11(7-10(2)17-9)13(16-3)8-12-4-5-14(15)18-12/h4-7,13,16H,8H2,1-3H3. The lowest BCUT2D eigenvalue weighted by molar-refractivity contribution is 0.594. The number of nitrogens with one attached hydrogen (secondary N) is 1. The first-order chi connectivity index (χ1) is 8.58. The van der Waals surface area contributed by atoms with E-state index in [4.69, 9.17) is 11.6 Å². The van der Waals surface area contributed by atoms with Crippen molar-refractivity contribution in [2.24, 2.45) is 0 Å². The van der Waals surface area contributed by atoms with E-state index < -0.39 is 0 Å². The third-order valence-corrected chi connectivity index (χ3v) is 4.14. The Kier molecular flexibility index (Phi) is 4.38. The number of thiophene rings is 1. The Balaban J connectivity index is 2.22. The molecule has 2 rings (SSSR count). The summed E-state index contributed by atoms with van der Waals surface area (Å²) >= 11 is 7.62. The average Bonchev–Trinajstić information content (AvgIpc) is 2.70. The Morgan fingerprint density at radius 1 is 1.28 bits per heavy atom. The van der Waals surface area contributed by atoms with Crippen molar-refractivity contribution < 1.29 is 0 Å². The molecule has 0 saturated carbocycles. The number of aromatic nitrogens is 1. The summed E-state index contributed by atoms with van der Waals surface area (Å²) in [5, 5.41) is 3.37. The molecule has 2 aromatic heterocycles. The molecule has 0 aliphatic heterocycles. The van der Waals surface area contributed by atoms with Crippen molar-refractivity contribution in [3.63, 3.8) is 0 Å². The highest BCUT2D eigenvalue weighted by molar-refractivity contribution is 7.16. The third-order valence-electron chi connectivity index (χ3n) is 2.89. The monoisotopic (exact) mass is 280 g/mol. The molecule has 2 heterocycles. The molecule has 1 atom stereocenters. The number of hydrogen-bond acceptors (Lipinski definition) is 3. The summed E-state index contributed by atoms with van der Waals surface area (Å²) in [6.07, 6.45) is 0.955. The maximum absolute atomic E-state index is 5.97. The predicted molar refractivity (Wildman–Crippen MR) is 78.5 cm³/mol. The number of nitrogens with zero attached hydrogens (tertiary/aromatic N) is 1. The summed E-state index contributed by atoms with van der Waals surface area (Å²) in [6.45, 7) is 4.07. The average molecular weight is 281 g/mol. The quantitative estimate of drug-likeness (QED) is 0.918. The van der Waals surface area contributed by atoms with Crippen molar-refractivity contribution in [2.45, 2.75) is 26.3 Å². The predicted octanol–water partition coefficient (Wildman–Crippen LogP) is 3.92. The van der Waals surface area contributed by atoms with Crippen LogP contribution in [0.15, 0.2) is 24.3 Å². The maximum Gasteiger partial charge on any atom is 0.0931 e. The fraction of sp³-hybridized carbons (Fsp3) is 0.357. The van der Waals surface area contributed by atoms with Gasteiger partial charge in [0.25, 0.3) is 0 Å². The van der Waals surface area contributed by atoms with E-state index in [2.05, 4.69) is 28.5 Å². The fourth-order valence-electron chi connectivity index (χ4n) is 2.12. The van der Waals surface area contributed by atoms with E-state index in [9.17, 15) is 0 Å². The Hall–Kier alpha value is -0.900. The lowest BCUT2D eigenvalue weighted by Gasteiger charge is -2.16. The SMILES string of the molecule is CNC(Cc1ccc(Cl)s1)c1cc(C)nc(C)c1. The highest BCUT2D eigenvalue weighted by Crippen LogP contribution is 2.26. The van der Waals surface area contributed by atoms with Gasteiger partial charge in [0.1, 0.15) is 0 Å². The van der Waals surface area contributed by atoms with E-state index in [0.29, 0.717) is 6.04 Å². The molecule has 2 aromatic rings. The van der Waals surface area contributed by atoms with Gasteiger partial charge in [-0.2, -0.15) is 0 Å². The van der Waals surface area contributed by atoms with Crippen molar-refractivity contribution in [2.75, 3.05) is 7.05 Å². The highest BCUT2D eigenvalue weighted by Gasteiger charge is 2.12. The van der Waals surface area contributed by atoms with Gasteiger partial charge in [0.15, 0.2) is 0 Å². The minimum absolute atomic E-state index is 0.306. The molecule has 0 aromatic carbocycles. The lowest BCUT2D eigenvalue weighted by atomic mass is 10.0. The number of hydrogen-bond donors (Lipinski definition) is 1. The van der Waals surface area contributed by atoms with Crippen molar-refractivity contribution >= 4 is 22.9 Å². The summed E-state index contributed by atoms with van der Waals surface area (Å²) in [5.41, 5.74) is 3.41. The molecular weight excluding hydrogens is 264 g/mol. The van der Waals surface area contributed by atoms with E-state index in [1.54, 1.807) is 11.3 Å². The molecule has 1 N–H and O–H groups in total. The molecule has 0 amide bonds. The van der Waals surface area contributed by atoms with Crippen LogP contribution in [0.4, 0.5) is 0 Å². The Morgan fingerprint density at radius 3 is 2.44 bits per heavy atom. The number of pyridine rings is 1. The smallest absolute Gasteiger partial charge is 0.0931 e. The maximum atomic E-state index is 5.97. The summed E-state index contributed by atoms with van der Waals surface area (Å²) in [5.74, 6) is 0. The molecule has 0 aliphatic carbocycles. The van der Waals surface area contributed by atoms with E-state index >= 15 is 0 Å². The third kappa shape index (κ3) is 3.31. The molecular formula is C14H17ClN2S. The molecule has 0 saturated heterocycles. The van der Waals surface area contributed by atoms with Gasteiger partial charge < -0.3 is 5.32 Å². The first-order valence-corrected chi connectivity index (χ1v) is 7.14. The molecule has 18 heavy (non-hydrogen) atoms. The van der Waals surface area contributed by atoms with Crippen molar-refractivity contribution in [1.82, 2.24) is 10.3 Å². The van der Waals surface area contributed by atoms with Gasteiger partial charge in [-0.1, -0.05) is 11.6 Å². The van der Waals surface area contributed by atoms with Crippen LogP contribution in [0, 0.1) is 13.8 Å². The Bertz CT molecular complexity index is 516. The molecule has 96 valence electrons. The highest BCUT2D eigenvalue weighted by atomic mass is 35.5. The molecule has 0 spiro atoms. The van der Waals surface area contributed by atoms with Gasteiger partial charge in [-0.15, -0.1) is 11.3 Å². The van der Waals surface area contributed by atoms with Gasteiger partial charge >= 0.3 is 0 Å². The second-order valence-corrected chi connectivity index (χ2v) is 6.23. The van der Waals surface area contributed by atoms with E-state index in [0.717, 1.165) is 22.1 Å². The number of halogens is 1. The van der Waals surface area contributed by atoms with Crippen molar-refractivity contribution in [3.8, 4) is 0 Å². The van der Waals surface area contributed by atoms with Crippen LogP contribution in [0.3, 0.4) is 0 Å². The first-order valence-electron chi connectivity index (χ1n) is 5.95. The van der Waals surface area contributed by atoms with Gasteiger partial charge in [-0.05, 0) is 50.7 Å². The zero-order valence-electron chi connectivity index (χ0n) is 10.8. The van der Waals surface area contributed by atoms with Crippen LogP contribution in [0.2, 0.25) is 4.34 Å². The minimum atomic E-state index is 0.306. The fourth-order valence-corrected chi connectivity index (χ4v) is 3.25. The largest absolute Gasteiger partial charge is 0.313 e. The zero-order chi connectivity index (χ0) is 13.1. The van der Waals surface area contributed by atoms with Crippen LogP contribution in [-0.4, -0.2) is 12.0 Å². The van der Waals surface area contributed by atoms with Crippen LogP contribution in [0.25, 0.3) is 0 Å². The summed E-state index contributed by atoms with van der Waals surface area (Å²) < 4.78 is 0.849. The first kappa shape index (κ1) is 13.5. The van der Waals surface area contributed by atoms with Crippen LogP contribution in [0.1, 0.15) is 27.9 Å². The van der Waals surface area contributed by atoms with E-state index in [1.165, 1.54) is 10.4 Å². The second kappa shape index (κ2) is 5.83. The van der Waals surface area contributed by atoms with Gasteiger partial charge in [0.05, 0.1) is 4.34 Å². The normalized spacial score (nSPS) is 12.7. The van der Waals surface area contributed by atoms with Crippen LogP contribution in [-0.2, 0) is 6.42 Å². The summed E-state index contributed by atoms with van der Waals surface area (Å²) in [4.78, 5) is 5.71. The molecule has 0 bridgehead atoms. The van der Waals surface area contributed by atoms with E-state index in [-0.39, 0.29) is 0 Å². The second-order valence-electron chi connectivity index (χ2n) is 4.43. The van der Waals surface area contributed by atoms with E-state index in [1.807, 2.05) is 27.0 Å². The molecule has 0 fully saturated rings. The Morgan fingerprint density at radius 2 is 1.94 bits per heavy atom. The summed E-state index contributed by atoms with van der Waals surface area (Å²) in [7, 11) is 1.99. The molecule has 1 unspecified atom stereocenters. The van der Waals surface area contributed by atoms with Gasteiger partial charge in [0, 0.05) is 28.7 Å².